The molecule has 2 heterocycles. The second-order valence-electron chi connectivity index (χ2n) is 3.98. The van der Waals surface area contributed by atoms with E-state index in [0.717, 1.165) is 18.9 Å². The number of anilines is 1. The topological polar surface area (TPSA) is 67.7 Å². The molecule has 94 valence electrons. The van der Waals surface area contributed by atoms with Gasteiger partial charge in [0.15, 0.2) is 0 Å². The minimum atomic E-state index is -0.0886. The number of methoxy groups -OCH3 is 2. The number of rotatable bonds is 4. The van der Waals surface area contributed by atoms with Crippen molar-refractivity contribution < 1.29 is 14.6 Å². The van der Waals surface area contributed by atoms with Gasteiger partial charge in [-0.3, -0.25) is 4.98 Å². The van der Waals surface area contributed by atoms with Gasteiger partial charge in [-0.1, -0.05) is 0 Å². The van der Waals surface area contributed by atoms with E-state index < -0.39 is 0 Å². The van der Waals surface area contributed by atoms with Crippen molar-refractivity contribution in [2.45, 2.75) is 18.8 Å². The molecule has 0 bridgehead atoms. The SMILES string of the molecule is COC1CN(c2cnc(CO)cn2)CC1OC. The Morgan fingerprint density at radius 1 is 1.24 bits per heavy atom. The van der Waals surface area contributed by atoms with Crippen LogP contribution in [0.1, 0.15) is 5.69 Å². The molecule has 6 nitrogen and oxygen atoms in total. The molecule has 6 heteroatoms. The van der Waals surface area contributed by atoms with Gasteiger partial charge in [-0.2, -0.15) is 0 Å². The van der Waals surface area contributed by atoms with Crippen LogP contribution in [0.3, 0.4) is 0 Å². The summed E-state index contributed by atoms with van der Waals surface area (Å²) < 4.78 is 10.7. The molecule has 0 spiro atoms. The summed E-state index contributed by atoms with van der Waals surface area (Å²) in [6.45, 7) is 1.39. The van der Waals surface area contributed by atoms with Crippen molar-refractivity contribution in [2.75, 3.05) is 32.2 Å². The van der Waals surface area contributed by atoms with E-state index in [9.17, 15) is 0 Å². The predicted molar refractivity (Wildman–Crippen MR) is 61.8 cm³/mol. The van der Waals surface area contributed by atoms with Gasteiger partial charge in [0, 0.05) is 27.3 Å². The van der Waals surface area contributed by atoms with Crippen LogP contribution in [-0.4, -0.2) is 54.6 Å². The van der Waals surface area contributed by atoms with Crippen molar-refractivity contribution in [3.8, 4) is 0 Å². The average Bonchev–Trinajstić information content (AvgIpc) is 2.82. The molecule has 0 aromatic carbocycles. The lowest BCUT2D eigenvalue weighted by Crippen LogP contribution is -2.27. The summed E-state index contributed by atoms with van der Waals surface area (Å²) in [6, 6.07) is 0. The van der Waals surface area contributed by atoms with Gasteiger partial charge >= 0.3 is 0 Å². The second-order valence-corrected chi connectivity index (χ2v) is 3.98. The van der Waals surface area contributed by atoms with E-state index >= 15 is 0 Å². The lowest BCUT2D eigenvalue weighted by molar-refractivity contribution is -0.00461. The molecular weight excluding hydrogens is 222 g/mol. The molecule has 2 atom stereocenters. The highest BCUT2D eigenvalue weighted by Crippen LogP contribution is 2.20. The van der Waals surface area contributed by atoms with Gasteiger partial charge in [0.1, 0.15) is 18.0 Å². The highest BCUT2D eigenvalue weighted by molar-refractivity contribution is 5.38. The van der Waals surface area contributed by atoms with E-state index in [1.54, 1.807) is 26.6 Å². The van der Waals surface area contributed by atoms with Crippen molar-refractivity contribution >= 4 is 5.82 Å². The third-order valence-electron chi connectivity index (χ3n) is 3.00. The molecule has 0 aliphatic carbocycles. The summed E-state index contributed by atoms with van der Waals surface area (Å²) in [5, 5.41) is 8.90. The van der Waals surface area contributed by atoms with Gasteiger partial charge in [-0.25, -0.2) is 4.98 Å². The van der Waals surface area contributed by atoms with Crippen molar-refractivity contribution in [1.82, 2.24) is 9.97 Å². The lowest BCUT2D eigenvalue weighted by atomic mass is 10.3. The van der Waals surface area contributed by atoms with Gasteiger partial charge in [-0.05, 0) is 0 Å². The lowest BCUT2D eigenvalue weighted by Gasteiger charge is -2.16. The fourth-order valence-electron chi connectivity index (χ4n) is 1.98. The summed E-state index contributed by atoms with van der Waals surface area (Å²) in [5.41, 5.74) is 0.569. The van der Waals surface area contributed by atoms with Crippen LogP contribution in [0, 0.1) is 0 Å². The van der Waals surface area contributed by atoms with Crippen LogP contribution in [0.2, 0.25) is 0 Å². The van der Waals surface area contributed by atoms with Gasteiger partial charge < -0.3 is 19.5 Å². The first kappa shape index (κ1) is 12.2. The Morgan fingerprint density at radius 2 is 1.88 bits per heavy atom. The third kappa shape index (κ3) is 2.54. The standard InChI is InChI=1S/C11H17N3O3/c1-16-9-5-14(6-10(9)17-2)11-4-12-8(7-15)3-13-11/h3-4,9-10,15H,5-7H2,1-2H3. The van der Waals surface area contributed by atoms with E-state index in [0.29, 0.717) is 5.69 Å². The van der Waals surface area contributed by atoms with Crippen molar-refractivity contribution in [2.24, 2.45) is 0 Å². The molecule has 0 radical (unpaired) electrons. The van der Waals surface area contributed by atoms with Crippen molar-refractivity contribution in [3.63, 3.8) is 0 Å². The maximum Gasteiger partial charge on any atom is 0.147 e. The van der Waals surface area contributed by atoms with E-state index in [4.69, 9.17) is 14.6 Å². The van der Waals surface area contributed by atoms with Crippen LogP contribution in [0.25, 0.3) is 0 Å². The Bertz CT molecular complexity index is 345. The zero-order valence-electron chi connectivity index (χ0n) is 10.0. The highest BCUT2D eigenvalue weighted by atomic mass is 16.5. The maximum absolute atomic E-state index is 8.90. The van der Waals surface area contributed by atoms with Crippen LogP contribution in [0.5, 0.6) is 0 Å². The largest absolute Gasteiger partial charge is 0.390 e. The molecule has 2 unspecified atom stereocenters. The summed E-state index contributed by atoms with van der Waals surface area (Å²) in [7, 11) is 3.36. The van der Waals surface area contributed by atoms with Crippen LogP contribution < -0.4 is 4.90 Å². The smallest absolute Gasteiger partial charge is 0.147 e. The first-order chi connectivity index (χ1) is 8.28. The van der Waals surface area contributed by atoms with Gasteiger partial charge in [-0.15, -0.1) is 0 Å². The fraction of sp³-hybridized carbons (Fsp3) is 0.636. The summed E-state index contributed by atoms with van der Waals surface area (Å²) >= 11 is 0. The minimum absolute atomic E-state index is 0.0549. The molecule has 0 saturated carbocycles. The zero-order chi connectivity index (χ0) is 12.3. The molecule has 1 fully saturated rings. The fourth-order valence-corrected chi connectivity index (χ4v) is 1.98. The Kier molecular flexibility index (Phi) is 3.88. The van der Waals surface area contributed by atoms with Gasteiger partial charge in [0.25, 0.3) is 0 Å². The van der Waals surface area contributed by atoms with Crippen LogP contribution >= 0.6 is 0 Å². The molecule has 1 aromatic rings. The Labute approximate surface area is 100 Å². The van der Waals surface area contributed by atoms with Crippen LogP contribution in [0.15, 0.2) is 12.4 Å². The molecule has 2 rings (SSSR count). The van der Waals surface area contributed by atoms with Crippen molar-refractivity contribution in [1.29, 1.82) is 0 Å². The molecular formula is C11H17N3O3. The van der Waals surface area contributed by atoms with Gasteiger partial charge in [0.2, 0.25) is 0 Å². The number of hydrogen-bond acceptors (Lipinski definition) is 6. The van der Waals surface area contributed by atoms with E-state index in [1.165, 1.54) is 0 Å². The minimum Gasteiger partial charge on any atom is -0.390 e. The number of aliphatic hydroxyl groups is 1. The highest BCUT2D eigenvalue weighted by Gasteiger charge is 2.33. The molecule has 1 aromatic heterocycles. The number of aromatic nitrogens is 2. The Morgan fingerprint density at radius 3 is 2.29 bits per heavy atom. The predicted octanol–water partition coefficient (Wildman–Crippen LogP) is -0.181. The number of nitrogens with zero attached hydrogens (tertiary/aromatic N) is 3. The van der Waals surface area contributed by atoms with Crippen LogP contribution in [0.4, 0.5) is 5.82 Å². The molecule has 1 aliphatic rings. The average molecular weight is 239 g/mol. The number of aliphatic hydroxyl groups excluding tert-OH is 1. The number of hydrogen-bond donors (Lipinski definition) is 1. The quantitative estimate of drug-likeness (QED) is 0.786. The normalized spacial score (nSPS) is 24.3. The zero-order valence-corrected chi connectivity index (χ0v) is 10.0. The Hall–Kier alpha value is -1.24. The summed E-state index contributed by atoms with van der Waals surface area (Å²) in [4.78, 5) is 10.4. The first-order valence-corrected chi connectivity index (χ1v) is 5.50. The maximum atomic E-state index is 8.90. The Balaban J connectivity index is 2.07. The summed E-state index contributed by atoms with van der Waals surface area (Å²) in [5.74, 6) is 0.781. The molecule has 0 amide bonds. The van der Waals surface area contributed by atoms with Gasteiger partial charge in [0.05, 0.1) is 24.7 Å². The van der Waals surface area contributed by atoms with Crippen molar-refractivity contribution in [3.05, 3.63) is 18.1 Å². The van der Waals surface area contributed by atoms with E-state index in [1.807, 2.05) is 0 Å². The molecule has 1 aliphatic heterocycles. The third-order valence-corrected chi connectivity index (χ3v) is 3.00. The molecule has 1 saturated heterocycles. The summed E-state index contributed by atoms with van der Waals surface area (Å²) in [6.07, 6.45) is 3.35. The van der Waals surface area contributed by atoms with Crippen LogP contribution in [-0.2, 0) is 16.1 Å². The molecule has 1 N–H and O–H groups in total. The number of ether oxygens (including phenoxy) is 2. The van der Waals surface area contributed by atoms with E-state index in [-0.39, 0.29) is 18.8 Å². The molecule has 17 heavy (non-hydrogen) atoms. The second kappa shape index (κ2) is 5.39. The van der Waals surface area contributed by atoms with E-state index in [2.05, 4.69) is 14.9 Å². The first-order valence-electron chi connectivity index (χ1n) is 5.50. The monoisotopic (exact) mass is 239 g/mol.